The molecule has 0 bridgehead atoms. The summed E-state index contributed by atoms with van der Waals surface area (Å²) in [4.78, 5) is 0. The number of hydrogen-bond acceptors (Lipinski definition) is 0. The Morgan fingerprint density at radius 2 is 0.769 bits per heavy atom. The van der Waals surface area contributed by atoms with E-state index in [1.807, 2.05) is 0 Å². The van der Waals surface area contributed by atoms with E-state index in [2.05, 4.69) is 84.5 Å². The summed E-state index contributed by atoms with van der Waals surface area (Å²) >= 11 is 4.81. The molecule has 0 heterocycles. The zero-order valence-electron chi connectivity index (χ0n) is 15.0. The second-order valence-corrected chi connectivity index (χ2v) is 10.3. The molecule has 0 saturated carbocycles. The maximum Gasteiger partial charge on any atom is 0.0108 e. The number of alkyl halides is 1. The van der Waals surface area contributed by atoms with Crippen LogP contribution in [0.5, 0.6) is 0 Å². The van der Waals surface area contributed by atoms with E-state index in [1.165, 1.54) is 32.1 Å². The van der Waals surface area contributed by atoms with Gasteiger partial charge >= 0.3 is 152 Å². The predicted octanol–water partition coefficient (Wildman–Crippen LogP) is 7.52. The van der Waals surface area contributed by atoms with E-state index in [-0.39, 0.29) is 72.3 Å². The molecule has 0 amide bonds. The molecule has 0 unspecified atom stereocenters. The van der Waals surface area contributed by atoms with Crippen LogP contribution in [0, 0.1) is 0 Å². The fourth-order valence-corrected chi connectivity index (χ4v) is 6.36. The second-order valence-electron chi connectivity index (χ2n) is 5.55. The van der Waals surface area contributed by atoms with Crippen LogP contribution in [0.1, 0.15) is 25.7 Å². The zero-order valence-corrected chi connectivity index (χ0v) is 22.3. The molecular formula is C21H25Br2ClTi2. The molecule has 5 heteroatoms. The summed E-state index contributed by atoms with van der Waals surface area (Å²) in [7, 11) is 0. The minimum absolute atomic E-state index is 0. The molecule has 0 aromatic heterocycles. The Bertz CT molecular complexity index is 551. The molecule has 0 spiro atoms. The maximum atomic E-state index is 4.64. The first-order chi connectivity index (χ1) is 11.9. The molecule has 0 aromatic rings. The Balaban J connectivity index is 0.000000410. The van der Waals surface area contributed by atoms with Crippen molar-refractivity contribution in [2.45, 2.75) is 25.7 Å². The third-order valence-corrected chi connectivity index (χ3v) is 8.05. The first-order valence-corrected chi connectivity index (χ1v) is 12.1. The van der Waals surface area contributed by atoms with E-state index >= 15 is 0 Å². The van der Waals surface area contributed by atoms with Crippen LogP contribution in [0.4, 0.5) is 0 Å². The summed E-state index contributed by atoms with van der Waals surface area (Å²) in [6, 6.07) is 0. The first kappa shape index (κ1) is 26.6. The van der Waals surface area contributed by atoms with Crippen molar-refractivity contribution in [1.29, 1.82) is 0 Å². The number of hydrogen-bond donors (Lipinski definition) is 0. The normalized spacial score (nSPS) is 17.5. The molecule has 0 aliphatic heterocycles. The van der Waals surface area contributed by atoms with Gasteiger partial charge in [-0.2, -0.15) is 0 Å². The Hall–Kier alpha value is 0.599. The van der Waals surface area contributed by atoms with Crippen molar-refractivity contribution in [2.75, 3.05) is 6.38 Å². The van der Waals surface area contributed by atoms with Crippen molar-refractivity contribution in [3.63, 3.8) is 0 Å². The summed E-state index contributed by atoms with van der Waals surface area (Å²) < 4.78 is 6.72. The number of rotatable bonds is 4. The predicted molar refractivity (Wildman–Crippen MR) is 120 cm³/mol. The molecule has 0 atom stereocenters. The maximum absolute atomic E-state index is 4.64. The van der Waals surface area contributed by atoms with Crippen molar-refractivity contribution in [2.24, 2.45) is 0 Å². The monoisotopic (exact) mass is 566 g/mol. The Morgan fingerprint density at radius 3 is 0.923 bits per heavy atom. The quantitative estimate of drug-likeness (QED) is 0.243. The molecule has 0 nitrogen and oxygen atoms in total. The van der Waals surface area contributed by atoms with Gasteiger partial charge in [0, 0.05) is 6.38 Å². The van der Waals surface area contributed by atoms with Gasteiger partial charge in [0.1, 0.15) is 0 Å². The van der Waals surface area contributed by atoms with Crippen LogP contribution in [0.3, 0.4) is 0 Å². The molecule has 4 rings (SSSR count). The van der Waals surface area contributed by atoms with E-state index in [0.717, 1.165) is 0 Å². The van der Waals surface area contributed by atoms with Crippen molar-refractivity contribution >= 4 is 45.6 Å². The molecule has 138 valence electrons. The molecule has 0 radical (unpaired) electrons. The fraction of sp³-hybridized carbons (Fsp3) is 0.238. The molecule has 4 aliphatic rings. The summed E-state index contributed by atoms with van der Waals surface area (Å²) in [6.07, 6.45) is 33.3. The van der Waals surface area contributed by atoms with Gasteiger partial charge in [0.25, 0.3) is 0 Å². The van der Waals surface area contributed by atoms with Crippen LogP contribution >= 0.6 is 45.6 Å². The SMILES string of the molecule is Br.Br.C1=CC[C]([Ti][C]2=CC=CC2)=C1.C1=CC[C]([Ti][C]2=CC=CC2)=C1.CCl. The molecule has 0 saturated heterocycles. The van der Waals surface area contributed by atoms with Crippen LogP contribution < -0.4 is 0 Å². The smallest absolute Gasteiger partial charge is 0.0108 e. The average Bonchev–Trinajstić information content (AvgIpc) is 3.41. The zero-order chi connectivity index (χ0) is 17.0. The van der Waals surface area contributed by atoms with Crippen LogP contribution in [-0.4, -0.2) is 6.38 Å². The fourth-order valence-electron chi connectivity index (χ4n) is 2.57. The minimum Gasteiger partial charge on any atom is -0.130 e. The summed E-state index contributed by atoms with van der Waals surface area (Å²) in [5.41, 5.74) is 0. The van der Waals surface area contributed by atoms with Crippen molar-refractivity contribution in [3.05, 3.63) is 88.4 Å². The molecule has 0 fully saturated rings. The van der Waals surface area contributed by atoms with E-state index in [9.17, 15) is 0 Å². The van der Waals surface area contributed by atoms with Crippen molar-refractivity contribution in [3.8, 4) is 0 Å². The standard InChI is InChI=1S/4C5H5.CH3Cl.2BrH.2Ti/c4*1-2-4-5-3-1;1-2;;;;/h4*1-3H,4H2;1H3;2*1H;;. The summed E-state index contributed by atoms with van der Waals surface area (Å²) in [6.45, 7) is 0. The van der Waals surface area contributed by atoms with Gasteiger partial charge in [-0.15, -0.1) is 45.6 Å². The summed E-state index contributed by atoms with van der Waals surface area (Å²) in [5.74, 6) is 0. The topological polar surface area (TPSA) is 0 Å². The average molecular weight is 568 g/mol. The van der Waals surface area contributed by atoms with Gasteiger partial charge in [-0.1, -0.05) is 0 Å². The molecule has 0 aromatic carbocycles. The van der Waals surface area contributed by atoms with Gasteiger partial charge in [0.15, 0.2) is 0 Å². The van der Waals surface area contributed by atoms with Crippen LogP contribution in [-0.2, 0) is 38.3 Å². The van der Waals surface area contributed by atoms with E-state index < -0.39 is 0 Å². The first-order valence-electron chi connectivity index (χ1n) is 8.25. The van der Waals surface area contributed by atoms with Crippen molar-refractivity contribution < 1.29 is 38.3 Å². The molecular weight excluding hydrogens is 543 g/mol. The third-order valence-electron chi connectivity index (χ3n) is 3.73. The van der Waals surface area contributed by atoms with Gasteiger partial charge in [-0.05, 0) is 0 Å². The van der Waals surface area contributed by atoms with Crippen LogP contribution in [0.25, 0.3) is 0 Å². The third kappa shape index (κ3) is 10.2. The Kier molecular flexibility index (Phi) is 16.9. The summed E-state index contributed by atoms with van der Waals surface area (Å²) in [5, 5.41) is 0. The second kappa shape index (κ2) is 16.5. The Labute approximate surface area is 202 Å². The largest absolute Gasteiger partial charge is 0.130 e. The van der Waals surface area contributed by atoms with E-state index in [1.54, 1.807) is 15.5 Å². The minimum atomic E-state index is 0. The number of halogens is 3. The van der Waals surface area contributed by atoms with Gasteiger partial charge in [0.05, 0.1) is 0 Å². The number of allylic oxidation sites excluding steroid dienone is 16. The molecule has 4 aliphatic carbocycles. The van der Waals surface area contributed by atoms with E-state index in [4.69, 9.17) is 0 Å². The van der Waals surface area contributed by atoms with Crippen LogP contribution in [0.15, 0.2) is 88.4 Å². The van der Waals surface area contributed by atoms with Gasteiger partial charge in [-0.3, -0.25) is 0 Å². The molecule has 0 N–H and O–H groups in total. The van der Waals surface area contributed by atoms with Crippen LogP contribution in [0.2, 0.25) is 0 Å². The van der Waals surface area contributed by atoms with Gasteiger partial charge < -0.3 is 0 Å². The van der Waals surface area contributed by atoms with Gasteiger partial charge in [-0.25, -0.2) is 0 Å². The van der Waals surface area contributed by atoms with Crippen molar-refractivity contribution in [1.82, 2.24) is 0 Å². The van der Waals surface area contributed by atoms with Gasteiger partial charge in [0.2, 0.25) is 0 Å². The Morgan fingerprint density at radius 1 is 0.538 bits per heavy atom. The van der Waals surface area contributed by atoms with E-state index in [0.29, 0.717) is 0 Å². The molecule has 26 heavy (non-hydrogen) atoms.